The van der Waals surface area contributed by atoms with Gasteiger partial charge in [-0.15, -0.1) is 0 Å². The molecule has 5 aromatic rings. The van der Waals surface area contributed by atoms with Crippen LogP contribution in [0.3, 0.4) is 0 Å². The summed E-state index contributed by atoms with van der Waals surface area (Å²) in [6, 6.07) is 22.7. The van der Waals surface area contributed by atoms with E-state index in [1.54, 1.807) is 17.0 Å². The summed E-state index contributed by atoms with van der Waals surface area (Å²) in [5, 5.41) is 7.61. The minimum absolute atomic E-state index is 0.157. The summed E-state index contributed by atoms with van der Waals surface area (Å²) >= 11 is 0. The van der Waals surface area contributed by atoms with Crippen molar-refractivity contribution >= 4 is 28.4 Å². The Morgan fingerprint density at radius 2 is 1.89 bits per heavy atom. The van der Waals surface area contributed by atoms with E-state index < -0.39 is 0 Å². The van der Waals surface area contributed by atoms with Gasteiger partial charge in [-0.2, -0.15) is 4.98 Å². The zero-order valence-corrected chi connectivity index (χ0v) is 24.8. The van der Waals surface area contributed by atoms with E-state index in [1.165, 1.54) is 18.5 Å². The van der Waals surface area contributed by atoms with Crippen LogP contribution in [0.1, 0.15) is 36.8 Å². The van der Waals surface area contributed by atoms with Crippen LogP contribution in [0, 0.1) is 17.8 Å². The molecule has 8 nitrogen and oxygen atoms in total. The van der Waals surface area contributed by atoms with Crippen molar-refractivity contribution in [2.24, 2.45) is 5.92 Å². The second-order valence-corrected chi connectivity index (χ2v) is 11.6. The molecule has 4 heterocycles. The minimum Gasteiger partial charge on any atom is -0.370 e. The Hall–Kier alpha value is -5.00. The topological polar surface area (TPSA) is 88.0 Å². The summed E-state index contributed by atoms with van der Waals surface area (Å²) in [5.74, 6) is 7.22. The van der Waals surface area contributed by atoms with Gasteiger partial charge in [-0.3, -0.25) is 14.3 Å². The molecule has 1 unspecified atom stereocenters. The number of nitrogens with one attached hydrogen (secondary N) is 2. The molecule has 44 heavy (non-hydrogen) atoms. The molecule has 7 rings (SSSR count). The van der Waals surface area contributed by atoms with Gasteiger partial charge in [0.25, 0.3) is 5.56 Å². The molecule has 220 valence electrons. The lowest BCUT2D eigenvalue weighted by molar-refractivity contribution is 0.445. The molecule has 1 aliphatic heterocycles. The van der Waals surface area contributed by atoms with Crippen LogP contribution < -0.4 is 21.1 Å². The van der Waals surface area contributed by atoms with Gasteiger partial charge in [0.15, 0.2) is 0 Å². The van der Waals surface area contributed by atoms with E-state index in [2.05, 4.69) is 68.7 Å². The number of pyridine rings is 2. The van der Waals surface area contributed by atoms with Gasteiger partial charge in [0.1, 0.15) is 5.65 Å². The Morgan fingerprint density at radius 3 is 2.66 bits per heavy atom. The summed E-state index contributed by atoms with van der Waals surface area (Å²) in [4.78, 5) is 30.1. The molecule has 2 N–H and O–H groups in total. The van der Waals surface area contributed by atoms with E-state index >= 15 is 0 Å². The Labute approximate surface area is 257 Å². The molecular formula is C36H35N7O. The molecule has 2 fully saturated rings. The maximum atomic E-state index is 13.9. The maximum Gasteiger partial charge on any atom is 0.268 e. The van der Waals surface area contributed by atoms with Crippen LogP contribution in [-0.2, 0) is 6.54 Å². The molecule has 1 saturated heterocycles. The first-order valence-corrected chi connectivity index (χ1v) is 15.3. The van der Waals surface area contributed by atoms with Crippen molar-refractivity contribution in [2.45, 2.75) is 38.3 Å². The van der Waals surface area contributed by atoms with Gasteiger partial charge in [-0.25, -0.2) is 4.98 Å². The molecule has 0 amide bonds. The molecule has 2 aromatic carbocycles. The van der Waals surface area contributed by atoms with Gasteiger partial charge in [0, 0.05) is 66.5 Å². The monoisotopic (exact) mass is 581 g/mol. The normalized spacial score (nSPS) is 16.2. The highest BCUT2D eigenvalue weighted by molar-refractivity contribution is 5.78. The van der Waals surface area contributed by atoms with Crippen LogP contribution in [0.2, 0.25) is 0 Å². The van der Waals surface area contributed by atoms with Crippen LogP contribution >= 0.6 is 0 Å². The number of aromatic nitrogens is 4. The SMILES string of the molecule is CN(c1ccc(Nc2ncc3cc(C#CC4CC4)c(=O)n(Cc4ccncc4-c4ccccc4)c3n2)cc1)C1CCCNC1. The van der Waals surface area contributed by atoms with Gasteiger partial charge in [-0.05, 0) is 79.8 Å². The van der Waals surface area contributed by atoms with E-state index in [9.17, 15) is 4.79 Å². The van der Waals surface area contributed by atoms with Gasteiger partial charge in [0.05, 0.1) is 12.1 Å². The zero-order valence-electron chi connectivity index (χ0n) is 24.8. The highest BCUT2D eigenvalue weighted by Gasteiger charge is 2.20. The highest BCUT2D eigenvalue weighted by atomic mass is 16.1. The molecule has 1 atom stereocenters. The lowest BCUT2D eigenvalue weighted by Crippen LogP contribution is -2.44. The fourth-order valence-electron chi connectivity index (χ4n) is 5.76. The molecule has 1 aliphatic carbocycles. The fourth-order valence-corrected chi connectivity index (χ4v) is 5.76. The number of fused-ring (bicyclic) bond motifs is 1. The van der Waals surface area contributed by atoms with E-state index in [4.69, 9.17) is 4.98 Å². The van der Waals surface area contributed by atoms with Gasteiger partial charge < -0.3 is 15.5 Å². The average Bonchev–Trinajstić information content (AvgIpc) is 3.91. The van der Waals surface area contributed by atoms with E-state index in [1.807, 2.05) is 48.7 Å². The van der Waals surface area contributed by atoms with Crippen LogP contribution in [-0.4, -0.2) is 45.7 Å². The van der Waals surface area contributed by atoms with E-state index in [0.717, 1.165) is 53.7 Å². The number of nitrogens with zero attached hydrogens (tertiary/aromatic N) is 5. The summed E-state index contributed by atoms with van der Waals surface area (Å²) in [5.41, 5.74) is 5.91. The second kappa shape index (κ2) is 12.3. The Morgan fingerprint density at radius 1 is 1.05 bits per heavy atom. The number of likely N-dealkylation sites (N-methyl/N-ethyl adjacent to an activating group) is 1. The Bertz CT molecular complexity index is 1900. The minimum atomic E-state index is -0.157. The Balaban J connectivity index is 1.23. The molecule has 3 aromatic heterocycles. The van der Waals surface area contributed by atoms with Gasteiger partial charge >= 0.3 is 0 Å². The first-order valence-electron chi connectivity index (χ1n) is 15.3. The Kier molecular flexibility index (Phi) is 7.78. The van der Waals surface area contributed by atoms with Crippen molar-refractivity contribution in [2.75, 3.05) is 30.4 Å². The third kappa shape index (κ3) is 6.05. The molecule has 0 radical (unpaired) electrons. The molecule has 8 heteroatoms. The fraction of sp³-hybridized carbons (Fsp3) is 0.278. The lowest BCUT2D eigenvalue weighted by atomic mass is 10.0. The van der Waals surface area contributed by atoms with Crippen molar-refractivity contribution in [3.8, 4) is 23.0 Å². The van der Waals surface area contributed by atoms with Crippen LogP contribution in [0.4, 0.5) is 17.3 Å². The van der Waals surface area contributed by atoms with Crippen molar-refractivity contribution in [3.63, 3.8) is 0 Å². The third-order valence-corrected chi connectivity index (χ3v) is 8.49. The van der Waals surface area contributed by atoms with Crippen molar-refractivity contribution < 1.29 is 0 Å². The molecular weight excluding hydrogens is 546 g/mol. The number of anilines is 3. The molecule has 2 aliphatic rings. The number of benzene rings is 2. The van der Waals surface area contributed by atoms with E-state index in [0.29, 0.717) is 35.7 Å². The number of rotatable bonds is 7. The van der Waals surface area contributed by atoms with Crippen LogP contribution in [0.5, 0.6) is 0 Å². The average molecular weight is 582 g/mol. The first-order chi connectivity index (χ1) is 21.6. The highest BCUT2D eigenvalue weighted by Crippen LogP contribution is 2.28. The predicted molar refractivity (Wildman–Crippen MR) is 176 cm³/mol. The molecule has 0 spiro atoms. The number of piperidine rings is 1. The summed E-state index contributed by atoms with van der Waals surface area (Å²) in [7, 11) is 2.15. The second-order valence-electron chi connectivity index (χ2n) is 11.6. The number of hydrogen-bond donors (Lipinski definition) is 2. The van der Waals surface area contributed by atoms with Crippen molar-refractivity contribution in [1.29, 1.82) is 0 Å². The molecule has 0 bridgehead atoms. The summed E-state index contributed by atoms with van der Waals surface area (Å²) < 4.78 is 1.72. The smallest absolute Gasteiger partial charge is 0.268 e. The predicted octanol–water partition coefficient (Wildman–Crippen LogP) is 5.60. The van der Waals surface area contributed by atoms with Gasteiger partial charge in [0.2, 0.25) is 5.95 Å². The van der Waals surface area contributed by atoms with Crippen molar-refractivity contribution in [3.05, 3.63) is 107 Å². The van der Waals surface area contributed by atoms with Gasteiger partial charge in [-0.1, -0.05) is 42.2 Å². The lowest BCUT2D eigenvalue weighted by Gasteiger charge is -2.33. The third-order valence-electron chi connectivity index (χ3n) is 8.49. The largest absolute Gasteiger partial charge is 0.370 e. The summed E-state index contributed by atoms with van der Waals surface area (Å²) in [6.45, 7) is 2.43. The zero-order chi connectivity index (χ0) is 29.9. The van der Waals surface area contributed by atoms with Crippen LogP contribution in [0.25, 0.3) is 22.2 Å². The standard InChI is InChI=1S/C36H35N7O/c1-42(32-8-5-18-37-22-32)31-15-13-30(14-16-31)40-36-39-21-29-20-27(12-11-25-9-10-25)35(44)43(34(29)41-36)24-28-17-19-38-23-33(28)26-6-3-2-4-7-26/h2-4,6-7,13-17,19-21,23,25,32,37H,5,8-10,18,22,24H2,1H3,(H,39,40,41). The summed E-state index contributed by atoms with van der Waals surface area (Å²) in [6.07, 6.45) is 9.96. The maximum absolute atomic E-state index is 13.9. The van der Waals surface area contributed by atoms with E-state index in [-0.39, 0.29) is 5.56 Å². The molecule has 1 saturated carbocycles. The van der Waals surface area contributed by atoms with Crippen LogP contribution in [0.15, 0.2) is 90.1 Å². The quantitative estimate of drug-likeness (QED) is 0.242. The first kappa shape index (κ1) is 27.8. The van der Waals surface area contributed by atoms with Crippen molar-refractivity contribution in [1.82, 2.24) is 24.8 Å². The number of hydrogen-bond acceptors (Lipinski definition) is 7.